The van der Waals surface area contributed by atoms with Crippen molar-refractivity contribution in [3.05, 3.63) is 66.5 Å². The third-order valence-corrected chi connectivity index (χ3v) is 6.98. The lowest BCUT2D eigenvalue weighted by molar-refractivity contribution is 0.231. The maximum atomic E-state index is 5.48. The van der Waals surface area contributed by atoms with Crippen LogP contribution in [0.3, 0.4) is 0 Å². The van der Waals surface area contributed by atoms with Gasteiger partial charge in [0.1, 0.15) is 5.65 Å². The van der Waals surface area contributed by atoms with Gasteiger partial charge in [0.2, 0.25) is 0 Å². The molecule has 188 valence electrons. The van der Waals surface area contributed by atoms with Crippen molar-refractivity contribution in [2.45, 2.75) is 20.8 Å². The second kappa shape index (κ2) is 10.2. The molecule has 1 aliphatic rings. The fourth-order valence-electron chi connectivity index (χ4n) is 5.13. The zero-order chi connectivity index (χ0) is 25.2. The highest BCUT2D eigenvalue weighted by Crippen LogP contribution is 2.33. The molecule has 1 aliphatic heterocycles. The molecule has 0 radical (unpaired) electrons. The lowest BCUT2D eigenvalue weighted by Crippen LogP contribution is -2.47. The number of hydrogen-bond acceptors (Lipinski definition) is 5. The maximum absolute atomic E-state index is 5.48. The molecule has 2 aromatic heterocycles. The second-order valence-electron chi connectivity index (χ2n) is 10.1. The van der Waals surface area contributed by atoms with E-state index in [1.807, 2.05) is 18.2 Å². The molecule has 6 heteroatoms. The Morgan fingerprint density at radius 1 is 0.806 bits per heavy atom. The van der Waals surface area contributed by atoms with E-state index in [9.17, 15) is 0 Å². The van der Waals surface area contributed by atoms with Gasteiger partial charge < -0.3 is 18.8 Å². The number of fused-ring (bicyclic) bond motifs is 1. The van der Waals surface area contributed by atoms with E-state index in [0.29, 0.717) is 11.5 Å². The van der Waals surface area contributed by atoms with Crippen molar-refractivity contribution in [2.75, 3.05) is 51.8 Å². The van der Waals surface area contributed by atoms with Crippen molar-refractivity contribution >= 4 is 11.3 Å². The van der Waals surface area contributed by atoms with Crippen molar-refractivity contribution in [3.8, 4) is 33.9 Å². The number of nitrogens with zero attached hydrogens (tertiary/aromatic N) is 4. The predicted octanol–water partition coefficient (Wildman–Crippen LogP) is 5.77. The average Bonchev–Trinajstić information content (AvgIpc) is 3.33. The minimum atomic E-state index is 0.700. The van der Waals surface area contributed by atoms with E-state index in [1.165, 1.54) is 23.4 Å². The summed E-state index contributed by atoms with van der Waals surface area (Å²) in [5, 5.41) is 0. The fourth-order valence-corrected chi connectivity index (χ4v) is 5.13. The highest BCUT2D eigenvalue weighted by atomic mass is 16.5. The molecule has 0 atom stereocenters. The van der Waals surface area contributed by atoms with E-state index in [4.69, 9.17) is 14.5 Å². The van der Waals surface area contributed by atoms with Gasteiger partial charge in [-0.05, 0) is 65.9 Å². The summed E-state index contributed by atoms with van der Waals surface area (Å²) in [6, 6.07) is 17.1. The normalized spacial score (nSPS) is 14.6. The molecule has 5 rings (SSSR count). The average molecular weight is 485 g/mol. The first-order valence-electron chi connectivity index (χ1n) is 12.7. The zero-order valence-electron chi connectivity index (χ0n) is 22.0. The molecule has 0 unspecified atom stereocenters. The number of piperazine rings is 1. The summed E-state index contributed by atoms with van der Waals surface area (Å²) >= 11 is 0. The molecular formula is C30H36N4O2. The van der Waals surface area contributed by atoms with Crippen LogP contribution in [-0.4, -0.2) is 61.2 Å². The number of imidazole rings is 1. The van der Waals surface area contributed by atoms with Gasteiger partial charge in [0, 0.05) is 56.4 Å². The van der Waals surface area contributed by atoms with Gasteiger partial charge in [0.05, 0.1) is 19.9 Å². The molecule has 0 amide bonds. The van der Waals surface area contributed by atoms with Crippen LogP contribution >= 0.6 is 0 Å². The Hall–Kier alpha value is -3.51. The van der Waals surface area contributed by atoms with Crippen LogP contribution in [0, 0.1) is 12.8 Å². The first-order chi connectivity index (χ1) is 17.4. The number of methoxy groups -OCH3 is 2. The number of aryl methyl sites for hydroxylation is 1. The first kappa shape index (κ1) is 24.2. The van der Waals surface area contributed by atoms with Crippen LogP contribution in [0.2, 0.25) is 0 Å². The van der Waals surface area contributed by atoms with E-state index >= 15 is 0 Å². The molecule has 4 aromatic rings. The molecule has 2 aromatic carbocycles. The molecule has 0 spiro atoms. The van der Waals surface area contributed by atoms with Crippen molar-refractivity contribution in [3.63, 3.8) is 0 Å². The SMILES string of the molecule is COc1ccc(-c2cn3cc(-c4ccc(N5CCN(CC(C)C)CC5)cc4)cc(C)c3n2)cc1OC. The molecule has 1 saturated heterocycles. The van der Waals surface area contributed by atoms with Gasteiger partial charge in [-0.3, -0.25) is 4.90 Å². The van der Waals surface area contributed by atoms with Crippen LogP contribution in [0.25, 0.3) is 28.0 Å². The third kappa shape index (κ3) is 4.91. The predicted molar refractivity (Wildman–Crippen MR) is 147 cm³/mol. The lowest BCUT2D eigenvalue weighted by atomic mass is 10.1. The number of benzene rings is 2. The lowest BCUT2D eigenvalue weighted by Gasteiger charge is -2.36. The number of rotatable bonds is 7. The second-order valence-corrected chi connectivity index (χ2v) is 10.1. The summed E-state index contributed by atoms with van der Waals surface area (Å²) in [6.45, 7) is 12.4. The highest BCUT2D eigenvalue weighted by molar-refractivity contribution is 5.72. The third-order valence-electron chi connectivity index (χ3n) is 6.98. The zero-order valence-corrected chi connectivity index (χ0v) is 22.0. The maximum Gasteiger partial charge on any atom is 0.161 e. The van der Waals surface area contributed by atoms with Crippen LogP contribution in [-0.2, 0) is 0 Å². The quantitative estimate of drug-likeness (QED) is 0.333. The Balaban J connectivity index is 1.36. The van der Waals surface area contributed by atoms with E-state index in [1.54, 1.807) is 14.2 Å². The molecule has 3 heterocycles. The minimum absolute atomic E-state index is 0.700. The molecule has 0 aliphatic carbocycles. The van der Waals surface area contributed by atoms with E-state index < -0.39 is 0 Å². The van der Waals surface area contributed by atoms with Gasteiger partial charge in [0.25, 0.3) is 0 Å². The highest BCUT2D eigenvalue weighted by Gasteiger charge is 2.18. The van der Waals surface area contributed by atoms with E-state index in [2.05, 4.69) is 77.7 Å². The number of aromatic nitrogens is 2. The Kier molecular flexibility index (Phi) is 6.88. The first-order valence-corrected chi connectivity index (χ1v) is 12.7. The Morgan fingerprint density at radius 2 is 1.50 bits per heavy atom. The number of hydrogen-bond donors (Lipinski definition) is 0. The molecule has 36 heavy (non-hydrogen) atoms. The molecule has 0 N–H and O–H groups in total. The largest absolute Gasteiger partial charge is 0.493 e. The van der Waals surface area contributed by atoms with Crippen LogP contribution in [0.15, 0.2) is 60.9 Å². The molecule has 6 nitrogen and oxygen atoms in total. The van der Waals surface area contributed by atoms with Crippen molar-refractivity contribution in [1.82, 2.24) is 14.3 Å². The van der Waals surface area contributed by atoms with Crippen LogP contribution in [0.5, 0.6) is 11.5 Å². The topological polar surface area (TPSA) is 42.2 Å². The summed E-state index contributed by atoms with van der Waals surface area (Å²) < 4.78 is 13.0. The summed E-state index contributed by atoms with van der Waals surface area (Å²) in [6.07, 6.45) is 4.25. The number of pyridine rings is 1. The minimum Gasteiger partial charge on any atom is -0.493 e. The Labute approximate surface area is 214 Å². The summed E-state index contributed by atoms with van der Waals surface area (Å²) in [5.41, 5.74) is 7.70. The van der Waals surface area contributed by atoms with Crippen molar-refractivity contribution < 1.29 is 9.47 Å². The van der Waals surface area contributed by atoms with Gasteiger partial charge in [-0.15, -0.1) is 0 Å². The number of anilines is 1. The van der Waals surface area contributed by atoms with E-state index in [0.717, 1.165) is 54.6 Å². The summed E-state index contributed by atoms with van der Waals surface area (Å²) in [7, 11) is 3.30. The van der Waals surface area contributed by atoms with Gasteiger partial charge in [0.15, 0.2) is 11.5 Å². The Bertz CT molecular complexity index is 1340. The van der Waals surface area contributed by atoms with E-state index in [-0.39, 0.29) is 0 Å². The number of ether oxygens (including phenoxy) is 2. The van der Waals surface area contributed by atoms with Crippen LogP contribution in [0.4, 0.5) is 5.69 Å². The standard InChI is InChI=1S/C30H36N4O2/c1-21(2)18-32-12-14-33(15-13-32)26-9-6-23(7-10-26)25-16-22(3)30-31-27(20-34(30)19-25)24-8-11-28(35-4)29(17-24)36-5/h6-11,16-17,19-21H,12-15,18H2,1-5H3. The smallest absolute Gasteiger partial charge is 0.161 e. The summed E-state index contributed by atoms with van der Waals surface area (Å²) in [5.74, 6) is 2.14. The Morgan fingerprint density at radius 3 is 2.17 bits per heavy atom. The van der Waals surface area contributed by atoms with Gasteiger partial charge in [-0.1, -0.05) is 26.0 Å². The van der Waals surface area contributed by atoms with Gasteiger partial charge in [-0.25, -0.2) is 4.98 Å². The molecule has 1 fully saturated rings. The van der Waals surface area contributed by atoms with Gasteiger partial charge >= 0.3 is 0 Å². The summed E-state index contributed by atoms with van der Waals surface area (Å²) in [4.78, 5) is 9.98. The van der Waals surface area contributed by atoms with Crippen molar-refractivity contribution in [2.24, 2.45) is 5.92 Å². The van der Waals surface area contributed by atoms with Crippen LogP contribution in [0.1, 0.15) is 19.4 Å². The van der Waals surface area contributed by atoms with Crippen molar-refractivity contribution in [1.29, 1.82) is 0 Å². The van der Waals surface area contributed by atoms with Crippen LogP contribution < -0.4 is 14.4 Å². The fraction of sp³-hybridized carbons (Fsp3) is 0.367. The molecule has 0 saturated carbocycles. The molecular weight excluding hydrogens is 448 g/mol. The monoisotopic (exact) mass is 484 g/mol. The molecule has 0 bridgehead atoms. The van der Waals surface area contributed by atoms with Gasteiger partial charge in [-0.2, -0.15) is 0 Å².